The second-order valence-corrected chi connectivity index (χ2v) is 9.34. The van der Waals surface area contributed by atoms with Crippen LogP contribution in [0.4, 0.5) is 4.79 Å². The monoisotopic (exact) mass is 466 g/mol. The summed E-state index contributed by atoms with van der Waals surface area (Å²) in [6.45, 7) is 5.32. The number of fused-ring (bicyclic) bond motifs is 3. The van der Waals surface area contributed by atoms with Crippen LogP contribution in [-0.2, 0) is 19.1 Å². The summed E-state index contributed by atoms with van der Waals surface area (Å²) in [7, 11) is 0. The van der Waals surface area contributed by atoms with Gasteiger partial charge in [-0.2, -0.15) is 0 Å². The van der Waals surface area contributed by atoms with Crippen molar-refractivity contribution < 1.29 is 29.0 Å². The molecule has 2 aromatic carbocycles. The molecule has 1 heterocycles. The van der Waals surface area contributed by atoms with Crippen LogP contribution >= 0.6 is 0 Å². The molecule has 1 aliphatic heterocycles. The molecule has 0 aromatic heterocycles. The third-order valence-electron chi connectivity index (χ3n) is 7.11. The smallest absolute Gasteiger partial charge is 0.407 e. The van der Waals surface area contributed by atoms with E-state index >= 15 is 0 Å². The lowest BCUT2D eigenvalue weighted by Gasteiger charge is -2.31. The first-order valence-corrected chi connectivity index (χ1v) is 11.5. The Balaban J connectivity index is 1.39. The highest BCUT2D eigenvalue weighted by atomic mass is 16.5. The zero-order valence-corrected chi connectivity index (χ0v) is 19.5. The zero-order valence-electron chi connectivity index (χ0n) is 19.5. The van der Waals surface area contributed by atoms with Gasteiger partial charge in [-0.25, -0.2) is 4.79 Å². The summed E-state index contributed by atoms with van der Waals surface area (Å²) in [5, 5.41) is 14.7. The van der Waals surface area contributed by atoms with Crippen molar-refractivity contribution >= 4 is 18.0 Å². The van der Waals surface area contributed by atoms with Crippen molar-refractivity contribution in [3.63, 3.8) is 0 Å². The van der Waals surface area contributed by atoms with Gasteiger partial charge in [-0.05, 0) is 43.0 Å². The van der Waals surface area contributed by atoms with Crippen LogP contribution in [0.5, 0.6) is 0 Å². The summed E-state index contributed by atoms with van der Waals surface area (Å²) in [5.41, 5.74) is 3.48. The average molecular weight is 467 g/mol. The number of benzene rings is 2. The summed E-state index contributed by atoms with van der Waals surface area (Å²) in [5.74, 6) is -2.17. The Labute approximate surface area is 198 Å². The Morgan fingerprint density at radius 1 is 1.09 bits per heavy atom. The lowest BCUT2D eigenvalue weighted by Crippen LogP contribution is -2.56. The predicted octanol–water partition coefficient (Wildman–Crippen LogP) is 3.16. The molecule has 34 heavy (non-hydrogen) atoms. The van der Waals surface area contributed by atoms with Crippen LogP contribution in [0.25, 0.3) is 11.1 Å². The number of alkyl carbamates (subject to hydrolysis) is 1. The third-order valence-corrected chi connectivity index (χ3v) is 7.11. The fraction of sp³-hybridized carbons (Fsp3) is 0.423. The number of carbonyl (C=O) groups excluding carboxylic acids is 2. The maximum absolute atomic E-state index is 13.0. The number of ether oxygens (including phenoxy) is 2. The van der Waals surface area contributed by atoms with Crippen LogP contribution in [0.1, 0.15) is 37.8 Å². The Kier molecular flexibility index (Phi) is 6.61. The molecule has 4 rings (SSSR count). The van der Waals surface area contributed by atoms with E-state index in [0.29, 0.717) is 0 Å². The molecule has 0 saturated carbocycles. The van der Waals surface area contributed by atoms with Gasteiger partial charge in [0.1, 0.15) is 6.61 Å². The largest absolute Gasteiger partial charge is 0.481 e. The van der Waals surface area contributed by atoms with E-state index in [1.807, 2.05) is 36.4 Å². The van der Waals surface area contributed by atoms with Gasteiger partial charge in [0, 0.05) is 12.0 Å². The van der Waals surface area contributed by atoms with E-state index in [9.17, 15) is 19.5 Å². The lowest BCUT2D eigenvalue weighted by atomic mass is 9.83. The predicted molar refractivity (Wildman–Crippen MR) is 125 cm³/mol. The van der Waals surface area contributed by atoms with Gasteiger partial charge < -0.3 is 25.2 Å². The normalized spacial score (nSPS) is 22.9. The van der Waals surface area contributed by atoms with Crippen molar-refractivity contribution in [3.8, 4) is 11.1 Å². The molecular weight excluding hydrogens is 436 g/mol. The minimum atomic E-state index is -1.04. The molecule has 2 aromatic rings. The minimum Gasteiger partial charge on any atom is -0.481 e. The standard InChI is InChI=1S/C26H30N2O6/c1-15(23(29)30)16(2)27-24(31)26(3)14-33-13-22(26)28-25(32)34-12-21-19-10-6-4-8-17(19)18-9-5-7-11-20(18)21/h4-11,15-16,21-22H,12-14H2,1-3H3,(H,27,31)(H,28,32)(H,29,30). The zero-order chi connectivity index (χ0) is 24.5. The van der Waals surface area contributed by atoms with Gasteiger partial charge >= 0.3 is 12.1 Å². The average Bonchev–Trinajstić information content (AvgIpc) is 3.35. The number of hydrogen-bond acceptors (Lipinski definition) is 5. The maximum Gasteiger partial charge on any atom is 0.407 e. The van der Waals surface area contributed by atoms with Gasteiger partial charge in [0.2, 0.25) is 5.91 Å². The first kappa shape index (κ1) is 23.8. The highest BCUT2D eigenvalue weighted by Crippen LogP contribution is 2.44. The number of carboxylic acid groups (broad SMARTS) is 1. The molecule has 1 aliphatic carbocycles. The number of amides is 2. The van der Waals surface area contributed by atoms with Gasteiger partial charge in [0.25, 0.3) is 0 Å². The topological polar surface area (TPSA) is 114 Å². The molecule has 0 bridgehead atoms. The Hall–Kier alpha value is -3.39. The van der Waals surface area contributed by atoms with Crippen LogP contribution < -0.4 is 10.6 Å². The van der Waals surface area contributed by atoms with E-state index in [-0.39, 0.29) is 31.6 Å². The number of hydrogen-bond donors (Lipinski definition) is 3. The molecule has 8 heteroatoms. The molecule has 2 aliphatic rings. The summed E-state index contributed by atoms with van der Waals surface area (Å²) >= 11 is 0. The molecule has 0 radical (unpaired) electrons. The molecule has 8 nitrogen and oxygen atoms in total. The van der Waals surface area contributed by atoms with Gasteiger partial charge in [0.15, 0.2) is 0 Å². The van der Waals surface area contributed by atoms with Crippen molar-refractivity contribution in [2.45, 2.75) is 38.8 Å². The van der Waals surface area contributed by atoms with E-state index in [4.69, 9.17) is 9.47 Å². The summed E-state index contributed by atoms with van der Waals surface area (Å²) < 4.78 is 11.1. The summed E-state index contributed by atoms with van der Waals surface area (Å²) in [6.07, 6.45) is -0.622. The van der Waals surface area contributed by atoms with Crippen LogP contribution in [0.15, 0.2) is 48.5 Å². The highest BCUT2D eigenvalue weighted by Gasteiger charge is 2.48. The highest BCUT2D eigenvalue weighted by molar-refractivity contribution is 5.85. The van der Waals surface area contributed by atoms with Gasteiger partial charge in [-0.3, -0.25) is 9.59 Å². The quantitative estimate of drug-likeness (QED) is 0.578. The Morgan fingerprint density at radius 2 is 1.68 bits per heavy atom. The molecule has 4 atom stereocenters. The fourth-order valence-electron chi connectivity index (χ4n) is 4.59. The van der Waals surface area contributed by atoms with Crippen LogP contribution in [0.3, 0.4) is 0 Å². The number of carboxylic acids is 1. The molecule has 1 saturated heterocycles. The molecule has 4 unspecified atom stereocenters. The van der Waals surface area contributed by atoms with E-state index in [1.165, 1.54) is 6.92 Å². The van der Waals surface area contributed by atoms with Gasteiger partial charge in [-0.1, -0.05) is 48.5 Å². The van der Waals surface area contributed by atoms with Crippen molar-refractivity contribution in [2.75, 3.05) is 19.8 Å². The van der Waals surface area contributed by atoms with Crippen molar-refractivity contribution in [2.24, 2.45) is 11.3 Å². The van der Waals surface area contributed by atoms with Crippen molar-refractivity contribution in [1.29, 1.82) is 0 Å². The van der Waals surface area contributed by atoms with E-state index in [2.05, 4.69) is 22.8 Å². The Morgan fingerprint density at radius 3 is 2.26 bits per heavy atom. The van der Waals surface area contributed by atoms with Gasteiger partial charge in [0.05, 0.1) is 30.6 Å². The number of carbonyl (C=O) groups is 3. The number of rotatable bonds is 7. The molecule has 3 N–H and O–H groups in total. The molecule has 1 fully saturated rings. The molecule has 180 valence electrons. The summed E-state index contributed by atoms with van der Waals surface area (Å²) in [4.78, 5) is 36.9. The Bertz CT molecular complexity index is 1060. The fourth-order valence-corrected chi connectivity index (χ4v) is 4.59. The molecule has 0 spiro atoms. The minimum absolute atomic E-state index is 0.0639. The third kappa shape index (κ3) is 4.37. The second-order valence-electron chi connectivity index (χ2n) is 9.34. The van der Waals surface area contributed by atoms with Gasteiger partial charge in [-0.15, -0.1) is 0 Å². The number of aliphatic carboxylic acids is 1. The van der Waals surface area contributed by atoms with E-state index in [0.717, 1.165) is 22.3 Å². The first-order valence-electron chi connectivity index (χ1n) is 11.5. The van der Waals surface area contributed by atoms with Crippen molar-refractivity contribution in [1.82, 2.24) is 10.6 Å². The van der Waals surface area contributed by atoms with Crippen LogP contribution in [-0.4, -0.2) is 55.0 Å². The van der Waals surface area contributed by atoms with Crippen LogP contribution in [0.2, 0.25) is 0 Å². The maximum atomic E-state index is 13.0. The first-order chi connectivity index (χ1) is 16.2. The van der Waals surface area contributed by atoms with E-state index in [1.54, 1.807) is 13.8 Å². The van der Waals surface area contributed by atoms with Crippen LogP contribution in [0, 0.1) is 11.3 Å². The number of nitrogens with one attached hydrogen (secondary N) is 2. The lowest BCUT2D eigenvalue weighted by molar-refractivity contribution is -0.142. The van der Waals surface area contributed by atoms with Crippen molar-refractivity contribution in [3.05, 3.63) is 59.7 Å². The summed E-state index contributed by atoms with van der Waals surface area (Å²) in [6, 6.07) is 15.0. The van der Waals surface area contributed by atoms with E-state index < -0.39 is 35.5 Å². The molecular formula is C26H30N2O6. The SMILES string of the molecule is CC(NC(=O)C1(C)COCC1NC(=O)OCC1c2ccccc2-c2ccccc21)C(C)C(=O)O. The molecule has 2 amide bonds. The second kappa shape index (κ2) is 9.46.